The first-order valence-electron chi connectivity index (χ1n) is 5.38. The summed E-state index contributed by atoms with van der Waals surface area (Å²) in [5, 5.41) is 0. The predicted octanol–water partition coefficient (Wildman–Crippen LogP) is 3.23. The number of nitrogens with zero attached hydrogens (tertiary/aromatic N) is 2. The molecule has 0 unspecified atom stereocenters. The normalized spacial score (nSPS) is 12.3. The van der Waals surface area contributed by atoms with Gasteiger partial charge in [0.15, 0.2) is 0 Å². The van der Waals surface area contributed by atoms with Gasteiger partial charge < -0.3 is 4.40 Å². The molecule has 2 heterocycles. The zero-order valence-corrected chi connectivity index (χ0v) is 9.91. The van der Waals surface area contributed by atoms with Crippen LogP contribution in [0, 0.1) is 12.3 Å². The molecule has 0 spiro atoms. The summed E-state index contributed by atoms with van der Waals surface area (Å²) in [6.07, 6.45) is 5.07. The number of fused-ring (bicyclic) bond motifs is 1. The monoisotopic (exact) mass is 202 g/mol. The number of aryl methyl sites for hydroxylation is 1. The summed E-state index contributed by atoms with van der Waals surface area (Å²) in [4.78, 5) is 4.48. The van der Waals surface area contributed by atoms with Crippen molar-refractivity contribution in [2.45, 2.75) is 34.1 Å². The van der Waals surface area contributed by atoms with Crippen LogP contribution in [0.25, 0.3) is 5.52 Å². The van der Waals surface area contributed by atoms with E-state index in [1.165, 1.54) is 11.1 Å². The fraction of sp³-hybridized carbons (Fsp3) is 0.462. The fourth-order valence-electron chi connectivity index (χ4n) is 1.77. The minimum atomic E-state index is 0.284. The van der Waals surface area contributed by atoms with Gasteiger partial charge in [0, 0.05) is 12.6 Å². The van der Waals surface area contributed by atoms with E-state index in [1.807, 2.05) is 6.20 Å². The third kappa shape index (κ3) is 2.20. The molecule has 80 valence electrons. The number of hydrogen-bond acceptors (Lipinski definition) is 1. The van der Waals surface area contributed by atoms with Gasteiger partial charge in [0.1, 0.15) is 5.82 Å². The Hall–Kier alpha value is -1.31. The van der Waals surface area contributed by atoms with E-state index >= 15 is 0 Å². The smallest absolute Gasteiger partial charge is 0.113 e. The molecule has 2 nitrogen and oxygen atoms in total. The van der Waals surface area contributed by atoms with Crippen molar-refractivity contribution in [3.63, 3.8) is 0 Å². The molecule has 2 aromatic heterocycles. The van der Waals surface area contributed by atoms with Gasteiger partial charge in [0.05, 0.1) is 11.7 Å². The molecule has 0 aromatic carbocycles. The Morgan fingerprint density at radius 2 is 2.07 bits per heavy atom. The van der Waals surface area contributed by atoms with Crippen LogP contribution in [-0.4, -0.2) is 9.38 Å². The van der Waals surface area contributed by atoms with Gasteiger partial charge in [-0.15, -0.1) is 0 Å². The molecular formula is C13H18N2. The molecule has 15 heavy (non-hydrogen) atoms. The topological polar surface area (TPSA) is 17.3 Å². The number of imidazole rings is 1. The van der Waals surface area contributed by atoms with Crippen molar-refractivity contribution >= 4 is 5.52 Å². The third-order valence-electron chi connectivity index (χ3n) is 2.45. The molecule has 0 saturated heterocycles. The van der Waals surface area contributed by atoms with Gasteiger partial charge in [0.2, 0.25) is 0 Å². The Bertz CT molecular complexity index is 475. The summed E-state index contributed by atoms with van der Waals surface area (Å²) in [7, 11) is 0. The second-order valence-electron chi connectivity index (χ2n) is 5.41. The van der Waals surface area contributed by atoms with Crippen LogP contribution in [0.15, 0.2) is 24.5 Å². The van der Waals surface area contributed by atoms with Crippen molar-refractivity contribution in [3.05, 3.63) is 35.9 Å². The zero-order valence-electron chi connectivity index (χ0n) is 9.91. The summed E-state index contributed by atoms with van der Waals surface area (Å²) in [6, 6.07) is 4.29. The second-order valence-corrected chi connectivity index (χ2v) is 5.41. The first kappa shape index (κ1) is 10.2. The largest absolute Gasteiger partial charge is 0.304 e. The molecule has 0 fully saturated rings. The molecule has 0 bridgehead atoms. The molecule has 2 rings (SSSR count). The van der Waals surface area contributed by atoms with Gasteiger partial charge in [-0.1, -0.05) is 20.8 Å². The standard InChI is InChI=1S/C13H18N2/c1-10-5-6-15-11(7-10)9-14-12(15)8-13(2,3)4/h5-7,9H,8H2,1-4H3. The van der Waals surface area contributed by atoms with E-state index in [4.69, 9.17) is 0 Å². The summed E-state index contributed by atoms with van der Waals surface area (Å²) in [6.45, 7) is 8.82. The molecule has 0 saturated carbocycles. The third-order valence-corrected chi connectivity index (χ3v) is 2.45. The van der Waals surface area contributed by atoms with Gasteiger partial charge in [-0.25, -0.2) is 4.98 Å². The van der Waals surface area contributed by atoms with Crippen molar-refractivity contribution in [2.24, 2.45) is 5.41 Å². The summed E-state index contributed by atoms with van der Waals surface area (Å²) in [5.74, 6) is 1.15. The molecule has 0 radical (unpaired) electrons. The highest BCUT2D eigenvalue weighted by Crippen LogP contribution is 2.20. The number of aromatic nitrogens is 2. The summed E-state index contributed by atoms with van der Waals surface area (Å²) >= 11 is 0. The lowest BCUT2D eigenvalue weighted by atomic mass is 9.92. The Morgan fingerprint density at radius 3 is 2.73 bits per heavy atom. The molecule has 0 aliphatic rings. The molecule has 2 aromatic rings. The number of rotatable bonds is 1. The van der Waals surface area contributed by atoms with Gasteiger partial charge in [-0.3, -0.25) is 0 Å². The van der Waals surface area contributed by atoms with Crippen molar-refractivity contribution < 1.29 is 0 Å². The van der Waals surface area contributed by atoms with Crippen LogP contribution in [0.1, 0.15) is 32.2 Å². The van der Waals surface area contributed by atoms with Crippen LogP contribution in [-0.2, 0) is 6.42 Å². The lowest BCUT2D eigenvalue weighted by Gasteiger charge is -2.16. The average molecular weight is 202 g/mol. The van der Waals surface area contributed by atoms with E-state index in [0.29, 0.717) is 0 Å². The Labute approximate surface area is 91.0 Å². The van der Waals surface area contributed by atoms with Gasteiger partial charge in [-0.2, -0.15) is 0 Å². The van der Waals surface area contributed by atoms with E-state index < -0.39 is 0 Å². The number of pyridine rings is 1. The van der Waals surface area contributed by atoms with Crippen molar-refractivity contribution in [1.29, 1.82) is 0 Å². The fourth-order valence-corrected chi connectivity index (χ4v) is 1.77. The summed E-state index contributed by atoms with van der Waals surface area (Å²) in [5.41, 5.74) is 2.76. The summed E-state index contributed by atoms with van der Waals surface area (Å²) < 4.78 is 2.18. The van der Waals surface area contributed by atoms with Crippen LogP contribution in [0.4, 0.5) is 0 Å². The molecule has 0 atom stereocenters. The van der Waals surface area contributed by atoms with Crippen LogP contribution in [0.3, 0.4) is 0 Å². The van der Waals surface area contributed by atoms with Crippen molar-refractivity contribution in [1.82, 2.24) is 9.38 Å². The maximum absolute atomic E-state index is 4.48. The lowest BCUT2D eigenvalue weighted by Crippen LogP contribution is -2.11. The molecule has 0 N–H and O–H groups in total. The van der Waals surface area contributed by atoms with Crippen LogP contribution in [0.2, 0.25) is 0 Å². The quantitative estimate of drug-likeness (QED) is 0.694. The van der Waals surface area contributed by atoms with Crippen LogP contribution in [0.5, 0.6) is 0 Å². The average Bonchev–Trinajstić information content (AvgIpc) is 2.45. The van der Waals surface area contributed by atoms with Crippen LogP contribution < -0.4 is 0 Å². The van der Waals surface area contributed by atoms with E-state index in [1.54, 1.807) is 0 Å². The molecule has 0 amide bonds. The van der Waals surface area contributed by atoms with E-state index in [-0.39, 0.29) is 5.41 Å². The van der Waals surface area contributed by atoms with Gasteiger partial charge in [-0.05, 0) is 30.0 Å². The van der Waals surface area contributed by atoms with E-state index in [0.717, 1.165) is 12.2 Å². The molecule has 2 heteroatoms. The highest BCUT2D eigenvalue weighted by Gasteiger charge is 2.14. The minimum Gasteiger partial charge on any atom is -0.304 e. The van der Waals surface area contributed by atoms with Gasteiger partial charge in [0.25, 0.3) is 0 Å². The Morgan fingerprint density at radius 1 is 1.33 bits per heavy atom. The van der Waals surface area contributed by atoms with Crippen LogP contribution >= 0.6 is 0 Å². The highest BCUT2D eigenvalue weighted by atomic mass is 15.0. The van der Waals surface area contributed by atoms with Crippen molar-refractivity contribution in [2.75, 3.05) is 0 Å². The predicted molar refractivity (Wildman–Crippen MR) is 63.1 cm³/mol. The van der Waals surface area contributed by atoms with E-state index in [2.05, 4.69) is 55.4 Å². The second kappa shape index (κ2) is 3.37. The Kier molecular flexibility index (Phi) is 2.29. The maximum Gasteiger partial charge on any atom is 0.113 e. The molecule has 0 aliphatic carbocycles. The lowest BCUT2D eigenvalue weighted by molar-refractivity contribution is 0.400. The zero-order chi connectivity index (χ0) is 11.1. The van der Waals surface area contributed by atoms with Crippen molar-refractivity contribution in [3.8, 4) is 0 Å². The first-order chi connectivity index (χ1) is 6.96. The van der Waals surface area contributed by atoms with E-state index in [9.17, 15) is 0 Å². The maximum atomic E-state index is 4.48. The molecular weight excluding hydrogens is 184 g/mol. The molecule has 0 aliphatic heterocycles. The van der Waals surface area contributed by atoms with Gasteiger partial charge >= 0.3 is 0 Å². The Balaban J connectivity index is 2.45. The number of hydrogen-bond donors (Lipinski definition) is 0. The minimum absolute atomic E-state index is 0.284. The highest BCUT2D eigenvalue weighted by molar-refractivity contribution is 5.48. The first-order valence-corrected chi connectivity index (χ1v) is 5.38. The SMILES string of the molecule is Cc1ccn2c(CC(C)(C)C)ncc2c1.